The molecule has 2 heterocycles. The van der Waals surface area contributed by atoms with E-state index in [1.54, 1.807) is 13.8 Å². The Morgan fingerprint density at radius 1 is 0.620 bits per heavy atom. The molecule has 258 valence electrons. The quantitative estimate of drug-likeness (QED) is 0.130. The molecule has 0 saturated carbocycles. The van der Waals surface area contributed by atoms with Crippen molar-refractivity contribution in [2.75, 3.05) is 0 Å². The molecule has 0 aliphatic heterocycles. The van der Waals surface area contributed by atoms with Gasteiger partial charge in [-0.15, -0.1) is 0 Å². The molecular formula is C44H46O6. The van der Waals surface area contributed by atoms with Gasteiger partial charge < -0.3 is 18.7 Å². The Morgan fingerprint density at radius 3 is 1.44 bits per heavy atom. The number of aliphatic hydroxyl groups is 1. The van der Waals surface area contributed by atoms with E-state index in [1.165, 1.54) is 0 Å². The lowest BCUT2D eigenvalue weighted by Gasteiger charge is -2.35. The van der Waals surface area contributed by atoms with Crippen molar-refractivity contribution < 1.29 is 18.7 Å². The van der Waals surface area contributed by atoms with E-state index in [0.29, 0.717) is 28.7 Å². The first-order valence-electron chi connectivity index (χ1n) is 17.4. The second kappa shape index (κ2) is 14.2. The van der Waals surface area contributed by atoms with Gasteiger partial charge in [-0.3, -0.25) is 0 Å². The lowest BCUT2D eigenvalue weighted by atomic mass is 9.91. The molecular weight excluding hydrogens is 624 g/mol. The van der Waals surface area contributed by atoms with E-state index < -0.39 is 11.2 Å². The number of aryl methyl sites for hydroxylation is 4. The summed E-state index contributed by atoms with van der Waals surface area (Å²) in [6.07, 6.45) is 3.26. The smallest absolute Gasteiger partial charge is 0.344 e. The molecule has 0 aliphatic rings. The molecule has 6 nitrogen and oxygen atoms in total. The summed E-state index contributed by atoms with van der Waals surface area (Å²) in [6.45, 7) is 11.7. The molecule has 0 fully saturated rings. The van der Waals surface area contributed by atoms with Gasteiger partial charge in [0.15, 0.2) is 0 Å². The minimum Gasteiger partial charge on any atom is -0.422 e. The lowest BCUT2D eigenvalue weighted by molar-refractivity contribution is -0.113. The SMILES string of the molecule is Cc1ccc(-c2cc3ccc(CCC(CCc4ccc5cc(-c6ccc(C)cc6)c(=O)oc5c4)OC(C)(C)CC(C)(C)O)cc3oc2=O)cc1. The first-order valence-corrected chi connectivity index (χ1v) is 17.4. The van der Waals surface area contributed by atoms with Gasteiger partial charge in [-0.1, -0.05) is 83.9 Å². The summed E-state index contributed by atoms with van der Waals surface area (Å²) < 4.78 is 18.3. The average Bonchev–Trinajstić information content (AvgIpc) is 3.05. The zero-order valence-corrected chi connectivity index (χ0v) is 29.8. The topological polar surface area (TPSA) is 89.9 Å². The molecule has 2 aromatic heterocycles. The van der Waals surface area contributed by atoms with E-state index >= 15 is 0 Å². The van der Waals surface area contributed by atoms with Crippen molar-refractivity contribution in [1.82, 2.24) is 0 Å². The third-order valence-corrected chi connectivity index (χ3v) is 9.18. The molecule has 0 saturated heterocycles. The van der Waals surface area contributed by atoms with E-state index in [9.17, 15) is 14.7 Å². The van der Waals surface area contributed by atoms with Crippen LogP contribution in [0, 0.1) is 13.8 Å². The molecule has 6 aromatic rings. The maximum absolute atomic E-state index is 12.9. The fraction of sp³-hybridized carbons (Fsp3) is 0.318. The lowest BCUT2D eigenvalue weighted by Crippen LogP contribution is -2.38. The molecule has 6 rings (SSSR count). The van der Waals surface area contributed by atoms with Crippen LogP contribution in [0.2, 0.25) is 0 Å². The molecule has 1 N–H and O–H groups in total. The first-order chi connectivity index (χ1) is 23.7. The van der Waals surface area contributed by atoms with Gasteiger partial charge in [-0.2, -0.15) is 0 Å². The van der Waals surface area contributed by atoms with Gasteiger partial charge in [0, 0.05) is 17.2 Å². The Kier molecular flexibility index (Phi) is 9.97. The third kappa shape index (κ3) is 8.68. The third-order valence-electron chi connectivity index (χ3n) is 9.18. The standard InChI is InChI=1S/C44H46O6/c1-28-7-15-32(16-8-28)37-25-34-19-11-30(23-39(34)48-41(37)45)13-21-36(50-44(5,6)27-43(3,4)47)22-14-31-12-20-35-26-38(42(46)49-40(35)24-31)33-17-9-29(2)10-18-33/h7-12,15-20,23-26,36,47H,13-14,21-22,27H2,1-6H3. The Labute approximate surface area is 293 Å². The van der Waals surface area contributed by atoms with Crippen molar-refractivity contribution in [1.29, 1.82) is 0 Å². The number of hydrogen-bond acceptors (Lipinski definition) is 6. The largest absolute Gasteiger partial charge is 0.422 e. The zero-order valence-electron chi connectivity index (χ0n) is 29.8. The molecule has 50 heavy (non-hydrogen) atoms. The Bertz CT molecular complexity index is 2090. The van der Waals surface area contributed by atoms with Crippen LogP contribution in [0.1, 0.15) is 69.2 Å². The van der Waals surface area contributed by atoms with E-state index in [2.05, 4.69) is 12.1 Å². The fourth-order valence-electron chi connectivity index (χ4n) is 6.94. The second-order valence-corrected chi connectivity index (χ2v) is 14.9. The maximum atomic E-state index is 12.9. The van der Waals surface area contributed by atoms with E-state index in [4.69, 9.17) is 13.6 Å². The van der Waals surface area contributed by atoms with Crippen molar-refractivity contribution in [2.24, 2.45) is 0 Å². The molecule has 6 heteroatoms. The summed E-state index contributed by atoms with van der Waals surface area (Å²) in [7, 11) is 0. The molecule has 0 bridgehead atoms. The molecule has 4 aromatic carbocycles. The number of benzene rings is 4. The highest BCUT2D eigenvalue weighted by Crippen LogP contribution is 2.29. The number of ether oxygens (including phenoxy) is 1. The van der Waals surface area contributed by atoms with Crippen LogP contribution in [-0.4, -0.2) is 22.4 Å². The van der Waals surface area contributed by atoms with Gasteiger partial charge >= 0.3 is 11.3 Å². The highest BCUT2D eigenvalue weighted by molar-refractivity contribution is 5.83. The second-order valence-electron chi connectivity index (χ2n) is 14.9. The summed E-state index contributed by atoms with van der Waals surface area (Å²) in [6, 6.07) is 31.6. The Morgan fingerprint density at radius 2 is 1.04 bits per heavy atom. The summed E-state index contributed by atoms with van der Waals surface area (Å²) >= 11 is 0. The van der Waals surface area contributed by atoms with Crippen molar-refractivity contribution in [3.05, 3.63) is 140 Å². The highest BCUT2D eigenvalue weighted by atomic mass is 16.5. The molecule has 0 aliphatic carbocycles. The van der Waals surface area contributed by atoms with Gasteiger partial charge in [0.1, 0.15) is 11.2 Å². The fourth-order valence-corrected chi connectivity index (χ4v) is 6.94. The van der Waals surface area contributed by atoms with Crippen molar-refractivity contribution in [3.8, 4) is 22.3 Å². The molecule has 0 radical (unpaired) electrons. The monoisotopic (exact) mass is 670 g/mol. The van der Waals surface area contributed by atoms with Crippen LogP contribution >= 0.6 is 0 Å². The zero-order chi connectivity index (χ0) is 35.6. The average molecular weight is 671 g/mol. The molecule has 0 spiro atoms. The maximum Gasteiger partial charge on any atom is 0.344 e. The summed E-state index contributed by atoms with van der Waals surface area (Å²) in [5, 5.41) is 12.3. The van der Waals surface area contributed by atoms with Crippen LogP contribution in [0.4, 0.5) is 0 Å². The number of rotatable bonds is 12. The number of fused-ring (bicyclic) bond motifs is 2. The Balaban J connectivity index is 1.20. The van der Waals surface area contributed by atoms with Crippen LogP contribution in [0.3, 0.4) is 0 Å². The van der Waals surface area contributed by atoms with Gasteiger partial charge in [0.25, 0.3) is 0 Å². The van der Waals surface area contributed by atoms with Gasteiger partial charge in [0.05, 0.1) is 28.4 Å². The Hall–Kier alpha value is -4.78. The van der Waals surface area contributed by atoms with Gasteiger partial charge in [0.2, 0.25) is 0 Å². The summed E-state index contributed by atoms with van der Waals surface area (Å²) in [5.74, 6) is 0. The van der Waals surface area contributed by atoms with Crippen LogP contribution < -0.4 is 11.3 Å². The highest BCUT2D eigenvalue weighted by Gasteiger charge is 2.30. The molecule has 0 unspecified atom stereocenters. The van der Waals surface area contributed by atoms with E-state index in [-0.39, 0.29) is 17.4 Å². The van der Waals surface area contributed by atoms with Crippen molar-refractivity contribution in [2.45, 2.75) is 91.0 Å². The van der Waals surface area contributed by atoms with Crippen LogP contribution in [0.25, 0.3) is 44.2 Å². The van der Waals surface area contributed by atoms with Crippen LogP contribution in [-0.2, 0) is 17.6 Å². The van der Waals surface area contributed by atoms with Crippen molar-refractivity contribution >= 4 is 21.9 Å². The first kappa shape index (κ1) is 35.1. The van der Waals surface area contributed by atoms with Gasteiger partial charge in [-0.25, -0.2) is 9.59 Å². The van der Waals surface area contributed by atoms with E-state index in [0.717, 1.165) is 69.8 Å². The minimum absolute atomic E-state index is 0.120. The predicted molar refractivity (Wildman–Crippen MR) is 202 cm³/mol. The minimum atomic E-state index is -0.880. The van der Waals surface area contributed by atoms with E-state index in [1.807, 2.05) is 113 Å². The predicted octanol–water partition coefficient (Wildman–Crippen LogP) is 9.74. The van der Waals surface area contributed by atoms with Crippen LogP contribution in [0.5, 0.6) is 0 Å². The molecule has 0 atom stereocenters. The van der Waals surface area contributed by atoms with Crippen LogP contribution in [0.15, 0.2) is 115 Å². The van der Waals surface area contributed by atoms with Gasteiger partial charge in [-0.05, 0) is 114 Å². The normalized spacial score (nSPS) is 12.3. The summed E-state index contributed by atoms with van der Waals surface area (Å²) in [4.78, 5) is 25.9. The number of hydrogen-bond donors (Lipinski definition) is 1. The molecule has 0 amide bonds. The summed E-state index contributed by atoms with van der Waals surface area (Å²) in [5.41, 5.74) is 6.11. The van der Waals surface area contributed by atoms with Crippen molar-refractivity contribution in [3.63, 3.8) is 0 Å².